The number of alkyl carbamates (subject to hydrolysis) is 1. The molecule has 0 aliphatic carbocycles. The van der Waals surface area contributed by atoms with Crippen molar-refractivity contribution in [1.29, 1.82) is 0 Å². The van der Waals surface area contributed by atoms with Crippen molar-refractivity contribution in [2.75, 3.05) is 19.7 Å². The fourth-order valence-electron chi connectivity index (χ4n) is 3.61. The van der Waals surface area contributed by atoms with E-state index in [9.17, 15) is 19.5 Å². The summed E-state index contributed by atoms with van der Waals surface area (Å²) in [7, 11) is 0. The second kappa shape index (κ2) is 14.6. The van der Waals surface area contributed by atoms with Gasteiger partial charge < -0.3 is 25.4 Å². The van der Waals surface area contributed by atoms with Crippen molar-refractivity contribution >= 4 is 17.9 Å². The van der Waals surface area contributed by atoms with Gasteiger partial charge in [-0.3, -0.25) is 9.59 Å². The van der Waals surface area contributed by atoms with Crippen LogP contribution in [-0.2, 0) is 14.3 Å². The number of hydrogen-bond acceptors (Lipinski definition) is 5. The molecule has 0 heterocycles. The largest absolute Gasteiger partial charge is 0.444 e. The molecule has 0 aliphatic heterocycles. The number of nitrogens with zero attached hydrogens (tertiary/aromatic N) is 1. The van der Waals surface area contributed by atoms with Crippen LogP contribution in [0.25, 0.3) is 0 Å². The molecule has 34 heavy (non-hydrogen) atoms. The van der Waals surface area contributed by atoms with E-state index >= 15 is 0 Å². The molecule has 1 aromatic rings. The minimum atomic E-state index is -0.933. The third-order valence-corrected chi connectivity index (χ3v) is 5.08. The maximum atomic E-state index is 13.7. The molecule has 0 saturated carbocycles. The number of nitrogens with one attached hydrogen (secondary N) is 2. The van der Waals surface area contributed by atoms with Crippen LogP contribution >= 0.6 is 0 Å². The molecule has 1 rings (SSSR count). The van der Waals surface area contributed by atoms with Crippen molar-refractivity contribution < 1.29 is 24.2 Å². The van der Waals surface area contributed by atoms with Gasteiger partial charge in [-0.25, -0.2) is 4.79 Å². The molecule has 2 atom stereocenters. The summed E-state index contributed by atoms with van der Waals surface area (Å²) >= 11 is 0. The number of amides is 3. The van der Waals surface area contributed by atoms with Crippen LogP contribution in [0, 0.1) is 5.92 Å². The number of hydrogen-bond donors (Lipinski definition) is 3. The lowest BCUT2D eigenvalue weighted by atomic mass is 9.99. The highest BCUT2D eigenvalue weighted by atomic mass is 16.6. The molecule has 0 saturated heterocycles. The number of rotatable bonds is 13. The lowest BCUT2D eigenvalue weighted by Crippen LogP contribution is -2.54. The first-order valence-electron chi connectivity index (χ1n) is 12.2. The molecule has 3 amide bonds. The van der Waals surface area contributed by atoms with Crippen LogP contribution in [0.15, 0.2) is 30.3 Å². The van der Waals surface area contributed by atoms with E-state index in [-0.39, 0.29) is 25.0 Å². The van der Waals surface area contributed by atoms with Crippen molar-refractivity contribution in [3.05, 3.63) is 35.9 Å². The van der Waals surface area contributed by atoms with Crippen LogP contribution in [0.3, 0.4) is 0 Å². The number of carbonyl (C=O) groups is 3. The van der Waals surface area contributed by atoms with Crippen molar-refractivity contribution in [2.45, 2.75) is 84.9 Å². The van der Waals surface area contributed by atoms with E-state index in [0.717, 1.165) is 19.3 Å². The molecule has 3 N–H and O–H groups in total. The Hall–Kier alpha value is -2.61. The van der Waals surface area contributed by atoms with Gasteiger partial charge in [-0.05, 0) is 45.1 Å². The average molecular weight is 478 g/mol. The normalized spacial score (nSPS) is 13.2. The third kappa shape index (κ3) is 10.5. The van der Waals surface area contributed by atoms with E-state index in [0.29, 0.717) is 18.5 Å². The lowest BCUT2D eigenvalue weighted by molar-refractivity contribution is -0.143. The van der Waals surface area contributed by atoms with Crippen LogP contribution in [-0.4, -0.2) is 59.3 Å². The standard InChI is InChI=1S/C26H43N3O5/c1-7-8-12-15-27-23(31)22(20-13-10-9-11-14-20)29(16-17-30)24(32)21(18-19(2)3)28-25(33)34-26(4,5)6/h9-11,13-14,19,21-22,30H,7-8,12,15-18H2,1-6H3,(H,27,31)(H,28,33). The van der Waals surface area contributed by atoms with E-state index in [1.165, 1.54) is 4.90 Å². The molecule has 0 aliphatic rings. The van der Waals surface area contributed by atoms with Gasteiger partial charge in [-0.15, -0.1) is 0 Å². The molecular formula is C26H43N3O5. The highest BCUT2D eigenvalue weighted by Crippen LogP contribution is 2.23. The molecule has 192 valence electrons. The topological polar surface area (TPSA) is 108 Å². The Balaban J connectivity index is 3.26. The molecule has 2 unspecified atom stereocenters. The summed E-state index contributed by atoms with van der Waals surface area (Å²) in [5, 5.41) is 15.4. The maximum absolute atomic E-state index is 13.7. The van der Waals surface area contributed by atoms with Crippen molar-refractivity contribution in [3.63, 3.8) is 0 Å². The van der Waals surface area contributed by atoms with E-state index < -0.39 is 29.7 Å². The number of unbranched alkanes of at least 4 members (excludes halogenated alkanes) is 2. The van der Waals surface area contributed by atoms with Gasteiger partial charge in [0, 0.05) is 13.1 Å². The Bertz CT molecular complexity index is 761. The second-order valence-electron chi connectivity index (χ2n) is 9.89. The summed E-state index contributed by atoms with van der Waals surface area (Å²) in [4.78, 5) is 40.8. The van der Waals surface area contributed by atoms with Gasteiger partial charge in [0.1, 0.15) is 17.7 Å². The molecule has 0 bridgehead atoms. The molecule has 0 radical (unpaired) electrons. The summed E-state index contributed by atoms with van der Waals surface area (Å²) in [6.07, 6.45) is 2.52. The molecule has 8 heteroatoms. The van der Waals surface area contributed by atoms with Crippen LogP contribution in [0.1, 0.15) is 78.8 Å². The molecule has 1 aromatic carbocycles. The van der Waals surface area contributed by atoms with Gasteiger partial charge in [0.25, 0.3) is 0 Å². The first-order valence-corrected chi connectivity index (χ1v) is 12.2. The summed E-state index contributed by atoms with van der Waals surface area (Å²) < 4.78 is 5.36. The van der Waals surface area contributed by atoms with Gasteiger partial charge in [0.05, 0.1) is 6.61 Å². The Kier molecular flexibility index (Phi) is 12.6. The maximum Gasteiger partial charge on any atom is 0.408 e. The Morgan fingerprint density at radius 1 is 1.09 bits per heavy atom. The number of carbonyl (C=O) groups excluding carboxylic acids is 3. The van der Waals surface area contributed by atoms with Crippen molar-refractivity contribution in [1.82, 2.24) is 15.5 Å². The Labute approximate surface area is 204 Å². The zero-order valence-corrected chi connectivity index (χ0v) is 21.6. The summed E-state index contributed by atoms with van der Waals surface area (Å²) in [5.41, 5.74) is -0.0801. The van der Waals surface area contributed by atoms with Crippen LogP contribution < -0.4 is 10.6 Å². The predicted octanol–water partition coefficient (Wildman–Crippen LogP) is 3.79. The van der Waals surface area contributed by atoms with Crippen LogP contribution in [0.5, 0.6) is 0 Å². The monoisotopic (exact) mass is 477 g/mol. The highest BCUT2D eigenvalue weighted by molar-refractivity contribution is 5.92. The summed E-state index contributed by atoms with van der Waals surface area (Å²) in [5.74, 6) is -0.659. The van der Waals surface area contributed by atoms with E-state index in [2.05, 4.69) is 17.6 Å². The van der Waals surface area contributed by atoms with Gasteiger partial charge in [-0.2, -0.15) is 0 Å². The SMILES string of the molecule is CCCCCNC(=O)C(c1ccccc1)N(CCO)C(=O)C(CC(C)C)NC(=O)OC(C)(C)C. The van der Waals surface area contributed by atoms with E-state index in [4.69, 9.17) is 4.74 Å². The van der Waals surface area contributed by atoms with Gasteiger partial charge in [0.15, 0.2) is 0 Å². The third-order valence-electron chi connectivity index (χ3n) is 5.08. The molecule has 8 nitrogen and oxygen atoms in total. The number of aliphatic hydroxyl groups is 1. The average Bonchev–Trinajstić information content (AvgIpc) is 2.74. The molecule has 0 fully saturated rings. The van der Waals surface area contributed by atoms with E-state index in [1.807, 2.05) is 19.9 Å². The van der Waals surface area contributed by atoms with Crippen LogP contribution in [0.2, 0.25) is 0 Å². The molecule has 0 spiro atoms. The zero-order valence-electron chi connectivity index (χ0n) is 21.6. The minimum absolute atomic E-state index is 0.0502. The quantitative estimate of drug-likeness (QED) is 0.375. The smallest absolute Gasteiger partial charge is 0.408 e. The Morgan fingerprint density at radius 2 is 1.74 bits per heavy atom. The van der Waals surface area contributed by atoms with Gasteiger partial charge in [-0.1, -0.05) is 63.9 Å². The zero-order chi connectivity index (χ0) is 25.7. The molecule has 0 aromatic heterocycles. The van der Waals surface area contributed by atoms with Gasteiger partial charge >= 0.3 is 6.09 Å². The number of benzene rings is 1. The van der Waals surface area contributed by atoms with Crippen molar-refractivity contribution in [2.24, 2.45) is 5.92 Å². The fourth-order valence-corrected chi connectivity index (χ4v) is 3.61. The highest BCUT2D eigenvalue weighted by Gasteiger charge is 2.36. The lowest BCUT2D eigenvalue weighted by Gasteiger charge is -2.34. The van der Waals surface area contributed by atoms with Gasteiger partial charge in [0.2, 0.25) is 11.8 Å². The minimum Gasteiger partial charge on any atom is -0.444 e. The van der Waals surface area contributed by atoms with E-state index in [1.54, 1.807) is 45.0 Å². The Morgan fingerprint density at radius 3 is 2.26 bits per heavy atom. The summed E-state index contributed by atoms with van der Waals surface area (Å²) in [6.45, 7) is 11.4. The fraction of sp³-hybridized carbons (Fsp3) is 0.654. The first kappa shape index (κ1) is 29.4. The molecular weight excluding hydrogens is 434 g/mol. The summed E-state index contributed by atoms with van der Waals surface area (Å²) in [6, 6.07) is 7.18. The second-order valence-corrected chi connectivity index (χ2v) is 9.89. The number of ether oxygens (including phenoxy) is 1. The predicted molar refractivity (Wildman–Crippen MR) is 133 cm³/mol. The number of aliphatic hydroxyl groups excluding tert-OH is 1. The first-order chi connectivity index (χ1) is 16.0. The van der Waals surface area contributed by atoms with Crippen LogP contribution in [0.4, 0.5) is 4.79 Å². The van der Waals surface area contributed by atoms with Crippen molar-refractivity contribution in [3.8, 4) is 0 Å².